The lowest BCUT2D eigenvalue weighted by Gasteiger charge is -2.20. The van der Waals surface area contributed by atoms with Crippen molar-refractivity contribution in [3.8, 4) is 5.75 Å². The van der Waals surface area contributed by atoms with E-state index in [2.05, 4.69) is 18.9 Å². The van der Waals surface area contributed by atoms with E-state index < -0.39 is 0 Å². The number of ether oxygens (including phenoxy) is 1. The van der Waals surface area contributed by atoms with Crippen LogP contribution in [0.5, 0.6) is 5.75 Å². The monoisotopic (exact) mass is 238 g/mol. The fraction of sp³-hybridized carbons (Fsp3) is 0.769. The topological polar surface area (TPSA) is 47.3 Å². The quantitative estimate of drug-likeness (QED) is 0.823. The predicted molar refractivity (Wildman–Crippen MR) is 66.1 cm³/mol. The molecule has 0 bridgehead atoms. The number of aliphatic hydroxyl groups excluding tert-OH is 1. The van der Waals surface area contributed by atoms with Crippen molar-refractivity contribution in [2.24, 2.45) is 0 Å². The average molecular weight is 238 g/mol. The van der Waals surface area contributed by atoms with Gasteiger partial charge in [-0.15, -0.1) is 0 Å². The summed E-state index contributed by atoms with van der Waals surface area (Å²) in [6.45, 7) is 4.16. The molecule has 1 heterocycles. The van der Waals surface area contributed by atoms with E-state index in [1.807, 2.05) is 10.9 Å². The van der Waals surface area contributed by atoms with E-state index >= 15 is 0 Å². The molecule has 2 atom stereocenters. The van der Waals surface area contributed by atoms with E-state index in [0.29, 0.717) is 6.04 Å². The third-order valence-electron chi connectivity index (χ3n) is 3.31. The van der Waals surface area contributed by atoms with E-state index in [-0.39, 0.29) is 12.2 Å². The molecular weight excluding hydrogens is 216 g/mol. The Balaban J connectivity index is 1.98. The Morgan fingerprint density at radius 1 is 1.35 bits per heavy atom. The molecule has 1 fully saturated rings. The zero-order valence-electron chi connectivity index (χ0n) is 10.7. The first-order chi connectivity index (χ1) is 8.16. The molecule has 1 aliphatic rings. The highest BCUT2D eigenvalue weighted by Crippen LogP contribution is 2.23. The summed E-state index contributed by atoms with van der Waals surface area (Å²) < 4.78 is 7.72. The Kier molecular flexibility index (Phi) is 4.05. The van der Waals surface area contributed by atoms with Crippen molar-refractivity contribution >= 4 is 0 Å². The summed E-state index contributed by atoms with van der Waals surface area (Å²) in [5.74, 6) is 0.768. The van der Waals surface area contributed by atoms with Crippen molar-refractivity contribution in [3.63, 3.8) is 0 Å². The van der Waals surface area contributed by atoms with Gasteiger partial charge in [0.1, 0.15) is 6.10 Å². The van der Waals surface area contributed by atoms with Crippen molar-refractivity contribution in [3.05, 3.63) is 12.4 Å². The highest BCUT2D eigenvalue weighted by Gasteiger charge is 2.23. The average Bonchev–Trinajstić information content (AvgIpc) is 2.66. The van der Waals surface area contributed by atoms with Crippen molar-refractivity contribution in [1.82, 2.24) is 9.78 Å². The standard InChI is InChI=1S/C13H22N2O2/c1-10(2)15-9-11(8-14-15)17-13-7-5-3-4-6-12(13)16/h8-10,12-13,16H,3-7H2,1-2H3/t12-,13-/m1/s1. The lowest BCUT2D eigenvalue weighted by atomic mass is 10.1. The third kappa shape index (κ3) is 3.22. The zero-order chi connectivity index (χ0) is 12.3. The van der Waals surface area contributed by atoms with Crippen molar-refractivity contribution in [2.45, 2.75) is 64.2 Å². The van der Waals surface area contributed by atoms with E-state index in [0.717, 1.165) is 31.4 Å². The predicted octanol–water partition coefficient (Wildman–Crippen LogP) is 2.54. The number of aliphatic hydroxyl groups is 1. The van der Waals surface area contributed by atoms with Crippen molar-refractivity contribution < 1.29 is 9.84 Å². The molecule has 1 aromatic rings. The summed E-state index contributed by atoms with van der Waals surface area (Å²) in [4.78, 5) is 0. The van der Waals surface area contributed by atoms with Gasteiger partial charge in [-0.1, -0.05) is 12.8 Å². The molecule has 1 aliphatic carbocycles. The molecule has 4 heteroatoms. The lowest BCUT2D eigenvalue weighted by molar-refractivity contribution is 0.0319. The SMILES string of the molecule is CC(C)n1cc(O[C@@H]2CCCCC[C@H]2O)cn1. The number of nitrogens with zero attached hydrogens (tertiary/aromatic N) is 2. The second-order valence-electron chi connectivity index (χ2n) is 5.11. The van der Waals surface area contributed by atoms with Crippen molar-refractivity contribution in [1.29, 1.82) is 0 Å². The second kappa shape index (κ2) is 5.54. The van der Waals surface area contributed by atoms with Gasteiger partial charge in [0.05, 0.1) is 18.5 Å². The first kappa shape index (κ1) is 12.4. The van der Waals surface area contributed by atoms with E-state index in [4.69, 9.17) is 4.74 Å². The first-order valence-corrected chi connectivity index (χ1v) is 6.55. The van der Waals surface area contributed by atoms with Crippen LogP contribution in [-0.4, -0.2) is 27.1 Å². The third-order valence-corrected chi connectivity index (χ3v) is 3.31. The Bertz CT molecular complexity index is 349. The molecule has 0 saturated heterocycles. The van der Waals surface area contributed by atoms with Crippen LogP contribution in [0.15, 0.2) is 12.4 Å². The fourth-order valence-corrected chi connectivity index (χ4v) is 2.23. The maximum atomic E-state index is 9.97. The van der Waals surface area contributed by atoms with Gasteiger partial charge in [0, 0.05) is 6.04 Å². The second-order valence-corrected chi connectivity index (χ2v) is 5.11. The minimum atomic E-state index is -0.333. The lowest BCUT2D eigenvalue weighted by Crippen LogP contribution is -2.30. The summed E-state index contributed by atoms with van der Waals surface area (Å²) in [7, 11) is 0. The molecule has 0 unspecified atom stereocenters. The molecule has 2 rings (SSSR count). The minimum Gasteiger partial charge on any atom is -0.484 e. The molecule has 1 aromatic heterocycles. The Labute approximate surface area is 103 Å². The fourth-order valence-electron chi connectivity index (χ4n) is 2.23. The van der Waals surface area contributed by atoms with Crippen LogP contribution in [0.2, 0.25) is 0 Å². The highest BCUT2D eigenvalue weighted by atomic mass is 16.5. The molecule has 0 amide bonds. The number of aromatic nitrogens is 2. The number of hydrogen-bond acceptors (Lipinski definition) is 3. The Morgan fingerprint density at radius 3 is 2.82 bits per heavy atom. The Morgan fingerprint density at radius 2 is 2.12 bits per heavy atom. The first-order valence-electron chi connectivity index (χ1n) is 6.55. The molecule has 1 saturated carbocycles. The van der Waals surface area contributed by atoms with Crippen LogP contribution >= 0.6 is 0 Å². The maximum absolute atomic E-state index is 9.97. The summed E-state index contributed by atoms with van der Waals surface area (Å²) in [6.07, 6.45) is 8.47. The molecule has 0 spiro atoms. The van der Waals surface area contributed by atoms with Gasteiger partial charge < -0.3 is 9.84 Å². The largest absolute Gasteiger partial charge is 0.484 e. The van der Waals surface area contributed by atoms with Crippen molar-refractivity contribution in [2.75, 3.05) is 0 Å². The molecule has 0 radical (unpaired) electrons. The van der Waals surface area contributed by atoms with E-state index in [1.54, 1.807) is 6.20 Å². The molecule has 1 N–H and O–H groups in total. The van der Waals surface area contributed by atoms with Crippen LogP contribution in [0, 0.1) is 0 Å². The molecule has 0 aromatic carbocycles. The summed E-state index contributed by atoms with van der Waals surface area (Å²) in [6, 6.07) is 0.339. The highest BCUT2D eigenvalue weighted by molar-refractivity contribution is 5.13. The van der Waals surface area contributed by atoms with Crippen LogP contribution in [0.3, 0.4) is 0 Å². The van der Waals surface area contributed by atoms with Gasteiger partial charge in [0.25, 0.3) is 0 Å². The zero-order valence-corrected chi connectivity index (χ0v) is 10.7. The van der Waals surface area contributed by atoms with Gasteiger partial charge in [-0.2, -0.15) is 5.10 Å². The van der Waals surface area contributed by atoms with Crippen LogP contribution in [0.4, 0.5) is 0 Å². The van der Waals surface area contributed by atoms with Crippen LogP contribution in [0.25, 0.3) is 0 Å². The molecule has 4 nitrogen and oxygen atoms in total. The van der Waals surface area contributed by atoms with E-state index in [9.17, 15) is 5.11 Å². The summed E-state index contributed by atoms with van der Waals surface area (Å²) >= 11 is 0. The van der Waals surface area contributed by atoms with Gasteiger partial charge in [-0.05, 0) is 33.1 Å². The smallest absolute Gasteiger partial charge is 0.157 e. The van der Waals surface area contributed by atoms with Gasteiger partial charge in [-0.25, -0.2) is 0 Å². The summed E-state index contributed by atoms with van der Waals surface area (Å²) in [5.41, 5.74) is 0. The normalized spacial score (nSPS) is 25.9. The number of rotatable bonds is 3. The molecule has 96 valence electrons. The van der Waals surface area contributed by atoms with Gasteiger partial charge in [-0.3, -0.25) is 4.68 Å². The van der Waals surface area contributed by atoms with Crippen LogP contribution < -0.4 is 4.74 Å². The van der Waals surface area contributed by atoms with Gasteiger partial charge in [0.2, 0.25) is 0 Å². The molecule has 0 aliphatic heterocycles. The van der Waals surface area contributed by atoms with Crippen LogP contribution in [-0.2, 0) is 0 Å². The number of hydrogen-bond donors (Lipinski definition) is 1. The summed E-state index contributed by atoms with van der Waals surface area (Å²) in [5, 5.41) is 14.2. The molecular formula is C13H22N2O2. The maximum Gasteiger partial charge on any atom is 0.157 e. The van der Waals surface area contributed by atoms with Gasteiger partial charge in [0.15, 0.2) is 5.75 Å². The van der Waals surface area contributed by atoms with E-state index in [1.165, 1.54) is 6.42 Å². The van der Waals surface area contributed by atoms with Crippen LogP contribution in [0.1, 0.15) is 52.0 Å². The minimum absolute atomic E-state index is 0.0673. The Hall–Kier alpha value is -1.03. The molecule has 17 heavy (non-hydrogen) atoms. The van der Waals surface area contributed by atoms with Gasteiger partial charge >= 0.3 is 0 Å².